The van der Waals surface area contributed by atoms with Crippen molar-refractivity contribution in [3.63, 3.8) is 0 Å². The Labute approximate surface area is 152 Å². The molecule has 0 aliphatic carbocycles. The molecule has 0 spiro atoms. The number of benzene rings is 1. The molecular formula is C18H15F3N4O2. The number of oxazole rings is 1. The van der Waals surface area contributed by atoms with E-state index >= 15 is 0 Å². The zero-order valence-corrected chi connectivity index (χ0v) is 14.0. The molecule has 0 bridgehead atoms. The first-order valence-electron chi connectivity index (χ1n) is 8.36. The molecule has 3 aromatic rings. The smallest absolute Gasteiger partial charge is 0.417 e. The summed E-state index contributed by atoms with van der Waals surface area (Å²) >= 11 is 0. The highest BCUT2D eigenvalue weighted by Gasteiger charge is 2.36. The summed E-state index contributed by atoms with van der Waals surface area (Å²) < 4.78 is 44.6. The van der Waals surface area contributed by atoms with E-state index in [9.17, 15) is 18.0 Å². The molecule has 1 fully saturated rings. The maximum Gasteiger partial charge on any atom is 0.417 e. The van der Waals surface area contributed by atoms with Gasteiger partial charge in [-0.25, -0.2) is 9.97 Å². The molecule has 1 aliphatic heterocycles. The van der Waals surface area contributed by atoms with Gasteiger partial charge in [-0.15, -0.1) is 0 Å². The highest BCUT2D eigenvalue weighted by Crippen LogP contribution is 2.37. The van der Waals surface area contributed by atoms with E-state index in [1.807, 2.05) is 0 Å². The maximum atomic E-state index is 13.3. The van der Waals surface area contributed by atoms with Gasteiger partial charge in [-0.2, -0.15) is 13.2 Å². The lowest BCUT2D eigenvalue weighted by molar-refractivity contribution is -0.137. The van der Waals surface area contributed by atoms with Crippen molar-refractivity contribution in [1.29, 1.82) is 0 Å². The normalized spacial score (nSPS) is 17.4. The number of hydrogen-bond acceptors (Lipinski definition) is 4. The molecule has 0 saturated carbocycles. The van der Waals surface area contributed by atoms with E-state index in [0.717, 1.165) is 12.5 Å². The fraction of sp³-hybridized carbons (Fsp3) is 0.278. The second-order valence-corrected chi connectivity index (χ2v) is 6.26. The second-order valence-electron chi connectivity index (χ2n) is 6.26. The van der Waals surface area contributed by atoms with Crippen LogP contribution in [0.25, 0.3) is 11.3 Å². The van der Waals surface area contributed by atoms with Crippen LogP contribution in [0.1, 0.15) is 40.8 Å². The van der Waals surface area contributed by atoms with Gasteiger partial charge in [-0.3, -0.25) is 4.79 Å². The van der Waals surface area contributed by atoms with Crippen molar-refractivity contribution >= 4 is 5.91 Å². The van der Waals surface area contributed by atoms with E-state index in [1.54, 1.807) is 11.0 Å². The molecule has 0 radical (unpaired) electrons. The summed E-state index contributed by atoms with van der Waals surface area (Å²) in [6, 6.07) is 4.97. The van der Waals surface area contributed by atoms with Crippen LogP contribution in [0.3, 0.4) is 0 Å². The van der Waals surface area contributed by atoms with E-state index in [0.29, 0.717) is 18.8 Å². The molecule has 1 amide bonds. The van der Waals surface area contributed by atoms with Crippen LogP contribution in [-0.2, 0) is 6.18 Å². The van der Waals surface area contributed by atoms with Crippen molar-refractivity contribution in [2.24, 2.45) is 0 Å². The Balaban J connectivity index is 1.64. The molecule has 6 nitrogen and oxygen atoms in total. The molecule has 1 aliphatic rings. The van der Waals surface area contributed by atoms with Crippen molar-refractivity contribution in [3.8, 4) is 11.3 Å². The quantitative estimate of drug-likeness (QED) is 0.748. The summed E-state index contributed by atoms with van der Waals surface area (Å²) in [6.45, 7) is 0.519. The van der Waals surface area contributed by atoms with Gasteiger partial charge in [0.1, 0.15) is 12.1 Å². The molecule has 3 heterocycles. The molecular weight excluding hydrogens is 361 g/mol. The fourth-order valence-electron chi connectivity index (χ4n) is 3.37. The average Bonchev–Trinajstić information content (AvgIpc) is 3.41. The van der Waals surface area contributed by atoms with Crippen molar-refractivity contribution in [2.45, 2.75) is 25.1 Å². The van der Waals surface area contributed by atoms with Crippen LogP contribution in [0.5, 0.6) is 0 Å². The monoisotopic (exact) mass is 376 g/mol. The first kappa shape index (κ1) is 17.3. The van der Waals surface area contributed by atoms with E-state index in [-0.39, 0.29) is 28.9 Å². The highest BCUT2D eigenvalue weighted by molar-refractivity contribution is 5.92. The zero-order chi connectivity index (χ0) is 19.0. The molecule has 140 valence electrons. The van der Waals surface area contributed by atoms with Gasteiger partial charge >= 0.3 is 6.18 Å². The van der Waals surface area contributed by atoms with Crippen molar-refractivity contribution in [3.05, 3.63) is 60.2 Å². The standard InChI is InChI=1S/C18H15F3N4O2/c19-18(20,21)12-5-2-1-4-11(12)13-8-22-16(24-13)15-6-3-7-25(15)17(26)14-9-27-10-23-14/h1-2,4-5,8-10,15H,3,6-7H2,(H,22,24). The number of hydrogen-bond donors (Lipinski definition) is 1. The predicted molar refractivity (Wildman–Crippen MR) is 88.5 cm³/mol. The topological polar surface area (TPSA) is 75.0 Å². The lowest BCUT2D eigenvalue weighted by Crippen LogP contribution is -2.31. The summed E-state index contributed by atoms with van der Waals surface area (Å²) in [5, 5.41) is 0. The van der Waals surface area contributed by atoms with E-state index in [2.05, 4.69) is 15.0 Å². The third-order valence-corrected chi connectivity index (χ3v) is 4.60. The minimum Gasteiger partial charge on any atom is -0.451 e. The number of amides is 1. The Bertz CT molecular complexity index is 950. The molecule has 1 atom stereocenters. The summed E-state index contributed by atoms with van der Waals surface area (Å²) in [7, 11) is 0. The molecule has 9 heteroatoms. The van der Waals surface area contributed by atoms with Crippen molar-refractivity contribution in [2.75, 3.05) is 6.54 Å². The summed E-state index contributed by atoms with van der Waals surface area (Å²) in [5.41, 5.74) is -0.256. The van der Waals surface area contributed by atoms with Gasteiger partial charge in [0, 0.05) is 12.1 Å². The largest absolute Gasteiger partial charge is 0.451 e. The Morgan fingerprint density at radius 1 is 1.26 bits per heavy atom. The first-order chi connectivity index (χ1) is 12.9. The lowest BCUT2D eigenvalue weighted by atomic mass is 10.0. The van der Waals surface area contributed by atoms with E-state index < -0.39 is 11.7 Å². The number of aromatic amines is 1. The summed E-state index contributed by atoms with van der Waals surface area (Å²) in [5.74, 6) is 0.163. The van der Waals surface area contributed by atoms with E-state index in [1.165, 1.54) is 31.0 Å². The van der Waals surface area contributed by atoms with Gasteiger partial charge in [-0.1, -0.05) is 18.2 Å². The number of carbonyl (C=O) groups excluding carboxylic acids is 1. The van der Waals surface area contributed by atoms with Gasteiger partial charge in [0.05, 0.1) is 23.5 Å². The molecule has 2 aromatic heterocycles. The first-order valence-corrected chi connectivity index (χ1v) is 8.36. The molecule has 27 heavy (non-hydrogen) atoms. The maximum absolute atomic E-state index is 13.3. The zero-order valence-electron chi connectivity index (χ0n) is 14.0. The lowest BCUT2D eigenvalue weighted by Gasteiger charge is -2.22. The average molecular weight is 376 g/mol. The van der Waals surface area contributed by atoms with Gasteiger partial charge in [-0.05, 0) is 18.9 Å². The van der Waals surface area contributed by atoms with E-state index in [4.69, 9.17) is 4.42 Å². The van der Waals surface area contributed by atoms with Crippen LogP contribution >= 0.6 is 0 Å². The number of imidazole rings is 1. The SMILES string of the molecule is O=C(c1cocn1)N1CCCC1c1ncc(-c2ccccc2C(F)(F)F)[nH]1. The van der Waals surface area contributed by atoms with Crippen LogP contribution in [0, 0.1) is 0 Å². The Hall–Kier alpha value is -3.10. The number of alkyl halides is 3. The number of likely N-dealkylation sites (tertiary alicyclic amines) is 1. The Morgan fingerprint density at radius 2 is 2.07 bits per heavy atom. The summed E-state index contributed by atoms with van der Waals surface area (Å²) in [6.07, 6.45) is 0.782. The number of aromatic nitrogens is 3. The third-order valence-electron chi connectivity index (χ3n) is 4.60. The highest BCUT2D eigenvalue weighted by atomic mass is 19.4. The number of nitrogens with one attached hydrogen (secondary N) is 1. The minimum absolute atomic E-state index is 0.0242. The fourth-order valence-corrected chi connectivity index (χ4v) is 3.37. The number of carbonyl (C=O) groups is 1. The van der Waals surface area contributed by atoms with Gasteiger partial charge < -0.3 is 14.3 Å². The molecule has 1 N–H and O–H groups in total. The third kappa shape index (κ3) is 3.20. The Kier molecular flexibility index (Phi) is 4.21. The molecule has 4 rings (SSSR count). The van der Waals surface area contributed by atoms with Gasteiger partial charge in [0.2, 0.25) is 0 Å². The predicted octanol–water partition coefficient (Wildman–Crippen LogP) is 4.06. The number of rotatable bonds is 3. The molecule has 1 aromatic carbocycles. The minimum atomic E-state index is -4.47. The second kappa shape index (κ2) is 6.57. The number of H-pyrrole nitrogens is 1. The van der Waals surface area contributed by atoms with Gasteiger partial charge in [0.15, 0.2) is 12.1 Å². The molecule has 1 unspecified atom stereocenters. The van der Waals surface area contributed by atoms with Crippen LogP contribution < -0.4 is 0 Å². The Morgan fingerprint density at radius 3 is 2.81 bits per heavy atom. The molecule has 1 saturated heterocycles. The van der Waals surface area contributed by atoms with Crippen LogP contribution in [0.4, 0.5) is 13.2 Å². The number of nitrogens with zero attached hydrogens (tertiary/aromatic N) is 3. The van der Waals surface area contributed by atoms with Crippen LogP contribution in [0.2, 0.25) is 0 Å². The van der Waals surface area contributed by atoms with Crippen molar-refractivity contribution < 1.29 is 22.4 Å². The van der Waals surface area contributed by atoms with Crippen LogP contribution in [0.15, 0.2) is 47.5 Å². The summed E-state index contributed by atoms with van der Waals surface area (Å²) in [4.78, 5) is 25.3. The van der Waals surface area contributed by atoms with Crippen LogP contribution in [-0.4, -0.2) is 32.3 Å². The number of halogens is 3. The van der Waals surface area contributed by atoms with Crippen molar-refractivity contribution in [1.82, 2.24) is 19.9 Å². The van der Waals surface area contributed by atoms with Gasteiger partial charge in [0.25, 0.3) is 5.91 Å².